The highest BCUT2D eigenvalue weighted by atomic mass is 28.4. The van der Waals surface area contributed by atoms with Gasteiger partial charge in [-0.2, -0.15) is 0 Å². The van der Waals surface area contributed by atoms with E-state index in [4.69, 9.17) is 18.0 Å². The predicted octanol–water partition coefficient (Wildman–Crippen LogP) is 1.76. The number of carbonyl (C=O) groups excluding carboxylic acids is 1. The van der Waals surface area contributed by atoms with Crippen LogP contribution >= 0.6 is 0 Å². The summed E-state index contributed by atoms with van der Waals surface area (Å²) >= 11 is 0. The third-order valence-corrected chi connectivity index (χ3v) is 5.04. The van der Waals surface area contributed by atoms with Gasteiger partial charge in [0, 0.05) is 33.4 Å². The van der Waals surface area contributed by atoms with Crippen LogP contribution in [0.25, 0.3) is 0 Å². The highest BCUT2D eigenvalue weighted by molar-refractivity contribution is 6.60. The molecule has 0 saturated heterocycles. The Morgan fingerprint density at radius 2 is 1.65 bits per heavy atom. The lowest BCUT2D eigenvalue weighted by Crippen LogP contribution is -2.42. The van der Waals surface area contributed by atoms with E-state index < -0.39 is 8.80 Å². The monoisotopic (exact) mass is 262 g/mol. The number of rotatable bonds is 8. The molecule has 0 rings (SSSR count). The van der Waals surface area contributed by atoms with Gasteiger partial charge in [-0.25, -0.2) is 4.79 Å². The molecule has 0 amide bonds. The highest BCUT2D eigenvalue weighted by Crippen LogP contribution is 2.14. The van der Waals surface area contributed by atoms with Crippen molar-refractivity contribution in [3.63, 3.8) is 0 Å². The summed E-state index contributed by atoms with van der Waals surface area (Å²) in [5, 5.41) is 0. The predicted molar refractivity (Wildman–Crippen MR) is 66.6 cm³/mol. The van der Waals surface area contributed by atoms with Gasteiger partial charge in [-0.3, -0.25) is 0 Å². The van der Waals surface area contributed by atoms with Crippen LogP contribution in [0.4, 0.5) is 0 Å². The van der Waals surface area contributed by atoms with Gasteiger partial charge >= 0.3 is 14.8 Å². The van der Waals surface area contributed by atoms with Gasteiger partial charge < -0.3 is 18.0 Å². The summed E-state index contributed by atoms with van der Waals surface area (Å²) in [6, 6.07) is 0.624. The van der Waals surface area contributed by atoms with Crippen molar-refractivity contribution in [2.75, 3.05) is 27.9 Å². The van der Waals surface area contributed by atoms with Gasteiger partial charge in [0.15, 0.2) is 0 Å². The maximum Gasteiger partial charge on any atom is 0.500 e. The van der Waals surface area contributed by atoms with Crippen LogP contribution in [0.3, 0.4) is 0 Å². The molecular weight excluding hydrogens is 240 g/mol. The van der Waals surface area contributed by atoms with E-state index in [1.807, 2.05) is 13.8 Å². The van der Waals surface area contributed by atoms with Crippen LogP contribution in [0.1, 0.15) is 20.3 Å². The van der Waals surface area contributed by atoms with Crippen LogP contribution in [-0.2, 0) is 22.8 Å². The molecule has 0 unspecified atom stereocenters. The molecule has 0 aliphatic carbocycles. The second kappa shape index (κ2) is 8.41. The molecule has 0 bridgehead atoms. The SMILES string of the molecule is CO[Si](CCCOC(=O)C=C(C)C)(OC)OC. The van der Waals surface area contributed by atoms with Crippen molar-refractivity contribution in [2.24, 2.45) is 0 Å². The summed E-state index contributed by atoms with van der Waals surface area (Å²) in [4.78, 5) is 11.2. The molecule has 0 spiro atoms. The molecule has 6 heteroatoms. The zero-order valence-corrected chi connectivity index (χ0v) is 12.2. The molecular formula is C11H22O5Si. The average molecular weight is 262 g/mol. The van der Waals surface area contributed by atoms with Gasteiger partial charge in [0.2, 0.25) is 0 Å². The fourth-order valence-electron chi connectivity index (χ4n) is 1.29. The van der Waals surface area contributed by atoms with Gasteiger partial charge in [0.05, 0.1) is 6.61 Å². The zero-order chi connectivity index (χ0) is 13.3. The Balaban J connectivity index is 3.91. The summed E-state index contributed by atoms with van der Waals surface area (Å²) in [6.07, 6.45) is 2.12. The summed E-state index contributed by atoms with van der Waals surface area (Å²) in [5.74, 6) is -0.315. The van der Waals surface area contributed by atoms with E-state index in [0.717, 1.165) is 5.57 Å². The summed E-state index contributed by atoms with van der Waals surface area (Å²) in [7, 11) is 2.16. The minimum atomic E-state index is -2.53. The molecule has 0 aromatic carbocycles. The molecule has 0 aromatic heterocycles. The number of hydrogen-bond donors (Lipinski definition) is 0. The van der Waals surface area contributed by atoms with Crippen LogP contribution < -0.4 is 0 Å². The minimum Gasteiger partial charge on any atom is -0.463 e. The Kier molecular flexibility index (Phi) is 8.06. The van der Waals surface area contributed by atoms with E-state index in [2.05, 4.69) is 0 Å². The van der Waals surface area contributed by atoms with Crippen molar-refractivity contribution >= 4 is 14.8 Å². The molecule has 0 radical (unpaired) electrons. The Bertz CT molecular complexity index is 248. The van der Waals surface area contributed by atoms with E-state index in [9.17, 15) is 4.79 Å². The number of allylic oxidation sites excluding steroid dienone is 1. The smallest absolute Gasteiger partial charge is 0.463 e. The number of hydrogen-bond acceptors (Lipinski definition) is 5. The maximum atomic E-state index is 11.2. The van der Waals surface area contributed by atoms with Gasteiger partial charge in [0.25, 0.3) is 0 Å². The molecule has 0 aromatic rings. The standard InChI is InChI=1S/C11H22O5Si/c1-10(2)9-11(12)16-7-6-8-17(13-3,14-4)15-5/h9H,6-8H2,1-5H3. The lowest BCUT2D eigenvalue weighted by Gasteiger charge is -2.23. The molecule has 0 fully saturated rings. The first-order chi connectivity index (χ1) is 7.99. The number of esters is 1. The van der Waals surface area contributed by atoms with Crippen molar-refractivity contribution in [3.8, 4) is 0 Å². The molecule has 0 aliphatic heterocycles. The molecule has 0 aliphatic rings. The van der Waals surface area contributed by atoms with Gasteiger partial charge in [0.1, 0.15) is 0 Å². The van der Waals surface area contributed by atoms with Crippen molar-refractivity contribution in [2.45, 2.75) is 26.3 Å². The number of carbonyl (C=O) groups is 1. The first-order valence-electron chi connectivity index (χ1n) is 5.46. The van der Waals surface area contributed by atoms with Crippen LogP contribution in [0, 0.1) is 0 Å². The summed E-state index contributed by atoms with van der Waals surface area (Å²) in [6.45, 7) is 4.04. The lowest BCUT2D eigenvalue weighted by atomic mass is 10.3. The van der Waals surface area contributed by atoms with Crippen LogP contribution in [0.15, 0.2) is 11.6 Å². The summed E-state index contributed by atoms with van der Waals surface area (Å²) < 4.78 is 20.8. The Morgan fingerprint density at radius 1 is 1.12 bits per heavy atom. The molecule has 0 N–H and O–H groups in total. The van der Waals surface area contributed by atoms with Gasteiger partial charge in [-0.05, 0) is 20.3 Å². The van der Waals surface area contributed by atoms with Crippen molar-refractivity contribution < 1.29 is 22.8 Å². The molecule has 0 saturated carbocycles. The van der Waals surface area contributed by atoms with E-state index in [-0.39, 0.29) is 5.97 Å². The van der Waals surface area contributed by atoms with Crippen LogP contribution in [-0.4, -0.2) is 42.7 Å². The third kappa shape index (κ3) is 6.57. The van der Waals surface area contributed by atoms with Crippen LogP contribution in [0.5, 0.6) is 0 Å². The van der Waals surface area contributed by atoms with E-state index >= 15 is 0 Å². The molecule has 5 nitrogen and oxygen atoms in total. The Morgan fingerprint density at radius 3 is 2.06 bits per heavy atom. The fourth-order valence-corrected chi connectivity index (χ4v) is 2.98. The second-order valence-corrected chi connectivity index (χ2v) is 6.88. The average Bonchev–Trinajstić information content (AvgIpc) is 2.29. The lowest BCUT2D eigenvalue weighted by molar-refractivity contribution is -0.137. The van der Waals surface area contributed by atoms with Crippen LogP contribution in [0.2, 0.25) is 6.04 Å². The Labute approximate surface area is 104 Å². The van der Waals surface area contributed by atoms with Gasteiger partial charge in [-0.15, -0.1) is 0 Å². The maximum absolute atomic E-state index is 11.2. The van der Waals surface area contributed by atoms with Crippen molar-refractivity contribution in [3.05, 3.63) is 11.6 Å². The zero-order valence-electron chi connectivity index (χ0n) is 11.2. The topological polar surface area (TPSA) is 54.0 Å². The minimum absolute atomic E-state index is 0.315. The molecule has 0 heterocycles. The summed E-state index contributed by atoms with van der Waals surface area (Å²) in [5.41, 5.74) is 0.921. The molecule has 17 heavy (non-hydrogen) atoms. The van der Waals surface area contributed by atoms with Gasteiger partial charge in [-0.1, -0.05) is 5.57 Å². The fraction of sp³-hybridized carbons (Fsp3) is 0.727. The first-order valence-corrected chi connectivity index (χ1v) is 7.40. The van der Waals surface area contributed by atoms with E-state index in [0.29, 0.717) is 19.1 Å². The number of ether oxygens (including phenoxy) is 1. The molecule has 0 atom stereocenters. The third-order valence-electron chi connectivity index (χ3n) is 2.21. The normalized spacial score (nSPS) is 11.1. The van der Waals surface area contributed by atoms with Crippen molar-refractivity contribution in [1.29, 1.82) is 0 Å². The van der Waals surface area contributed by atoms with E-state index in [1.165, 1.54) is 6.08 Å². The first kappa shape index (κ1) is 16.3. The molecule has 100 valence electrons. The largest absolute Gasteiger partial charge is 0.500 e. The quantitative estimate of drug-likeness (QED) is 0.289. The van der Waals surface area contributed by atoms with Crippen molar-refractivity contribution in [1.82, 2.24) is 0 Å². The Hall–Kier alpha value is -0.693. The second-order valence-electron chi connectivity index (χ2n) is 3.79. The van der Waals surface area contributed by atoms with E-state index in [1.54, 1.807) is 21.3 Å². The highest BCUT2D eigenvalue weighted by Gasteiger charge is 2.36.